The van der Waals surface area contributed by atoms with Crippen molar-refractivity contribution in [2.24, 2.45) is 0 Å². The quantitative estimate of drug-likeness (QED) is 0.891. The van der Waals surface area contributed by atoms with Gasteiger partial charge in [0, 0.05) is 10.6 Å². The Labute approximate surface area is 126 Å². The van der Waals surface area contributed by atoms with Gasteiger partial charge < -0.3 is 15.5 Å². The van der Waals surface area contributed by atoms with Crippen LogP contribution in [0.3, 0.4) is 0 Å². The first-order valence-corrected chi connectivity index (χ1v) is 7.83. The van der Waals surface area contributed by atoms with E-state index in [9.17, 15) is 4.79 Å². The minimum Gasteiger partial charge on any atom is -0.480 e. The zero-order chi connectivity index (χ0) is 15.0. The average molecular weight is 303 g/mol. The summed E-state index contributed by atoms with van der Waals surface area (Å²) >= 11 is 1.69. The largest absolute Gasteiger partial charge is 0.480 e. The van der Waals surface area contributed by atoms with Gasteiger partial charge >= 0.3 is 0 Å². The number of nitrogen functional groups attached to an aromatic ring is 1. The number of benzene rings is 1. The van der Waals surface area contributed by atoms with Crippen LogP contribution in [-0.2, 0) is 0 Å². The van der Waals surface area contributed by atoms with Crippen molar-refractivity contribution in [1.82, 2.24) is 9.97 Å². The molecule has 3 rings (SSSR count). The maximum atomic E-state index is 12.2. The molecule has 2 heterocycles. The second kappa shape index (κ2) is 5.44. The lowest BCUT2D eigenvalue weighted by Gasteiger charge is -2.25. The summed E-state index contributed by atoms with van der Waals surface area (Å²) in [5.74, 6) is 2.33. The van der Waals surface area contributed by atoms with Crippen LogP contribution >= 0.6 is 11.8 Å². The van der Waals surface area contributed by atoms with Crippen molar-refractivity contribution in [3.8, 4) is 5.75 Å². The summed E-state index contributed by atoms with van der Waals surface area (Å²) in [4.78, 5) is 20.4. The Bertz CT molecular complexity index is 727. The SMILES string of the molecule is CC(C)c1c(N)nc(C2CSc3ccccc3O2)[nH]c1=O. The van der Waals surface area contributed by atoms with E-state index in [1.807, 2.05) is 38.1 Å². The van der Waals surface area contributed by atoms with Crippen LogP contribution in [-0.4, -0.2) is 15.7 Å². The van der Waals surface area contributed by atoms with Gasteiger partial charge in [0.15, 0.2) is 11.9 Å². The van der Waals surface area contributed by atoms with Crippen LogP contribution in [0.1, 0.15) is 37.3 Å². The number of thioether (sulfide) groups is 1. The third kappa shape index (κ3) is 2.63. The molecule has 1 aromatic heterocycles. The number of fused-ring (bicyclic) bond motifs is 1. The van der Waals surface area contributed by atoms with Crippen molar-refractivity contribution in [2.75, 3.05) is 11.5 Å². The number of nitrogens with two attached hydrogens (primary N) is 1. The number of anilines is 1. The Hall–Kier alpha value is -1.95. The van der Waals surface area contributed by atoms with E-state index in [0.29, 0.717) is 17.1 Å². The second-order valence-corrected chi connectivity index (χ2v) is 6.33. The summed E-state index contributed by atoms with van der Waals surface area (Å²) in [7, 11) is 0. The van der Waals surface area contributed by atoms with Crippen LogP contribution < -0.4 is 16.0 Å². The maximum Gasteiger partial charge on any atom is 0.256 e. The highest BCUT2D eigenvalue weighted by molar-refractivity contribution is 7.99. The third-order valence-electron chi connectivity index (χ3n) is 3.39. The Kier molecular flexibility index (Phi) is 3.63. The molecule has 0 fully saturated rings. The molecule has 0 bridgehead atoms. The van der Waals surface area contributed by atoms with Crippen molar-refractivity contribution in [1.29, 1.82) is 0 Å². The molecule has 0 aliphatic carbocycles. The number of hydrogen-bond acceptors (Lipinski definition) is 5. The predicted octanol–water partition coefficient (Wildman–Crippen LogP) is 2.70. The monoisotopic (exact) mass is 303 g/mol. The highest BCUT2D eigenvalue weighted by Crippen LogP contribution is 2.39. The molecule has 0 saturated heterocycles. The topological polar surface area (TPSA) is 81.0 Å². The number of nitrogens with one attached hydrogen (secondary N) is 1. The van der Waals surface area contributed by atoms with Gasteiger partial charge in [-0.3, -0.25) is 4.79 Å². The summed E-state index contributed by atoms with van der Waals surface area (Å²) in [6.07, 6.45) is -0.291. The smallest absolute Gasteiger partial charge is 0.256 e. The van der Waals surface area contributed by atoms with Gasteiger partial charge in [-0.2, -0.15) is 0 Å². The fourth-order valence-corrected chi connectivity index (χ4v) is 3.37. The van der Waals surface area contributed by atoms with E-state index in [0.717, 1.165) is 10.6 Å². The molecule has 2 aromatic rings. The first-order chi connectivity index (χ1) is 10.1. The number of ether oxygens (including phenoxy) is 1. The van der Waals surface area contributed by atoms with Crippen molar-refractivity contribution in [3.05, 3.63) is 46.0 Å². The van der Waals surface area contributed by atoms with Gasteiger partial charge in [0.25, 0.3) is 5.56 Å². The first kappa shape index (κ1) is 14.0. The minimum atomic E-state index is -0.291. The molecule has 0 amide bonds. The standard InChI is InChI=1S/C15H17N3O2S/c1-8(2)12-13(16)17-14(18-15(12)19)10-7-21-11-6-4-3-5-9(11)20-10/h3-6,8,10H,7H2,1-2H3,(H3,16,17,18,19). The Balaban J connectivity index is 1.94. The zero-order valence-electron chi connectivity index (χ0n) is 11.9. The molecular weight excluding hydrogens is 286 g/mol. The Morgan fingerprint density at radius 2 is 2.19 bits per heavy atom. The van der Waals surface area contributed by atoms with Crippen LogP contribution in [0.4, 0.5) is 5.82 Å². The summed E-state index contributed by atoms with van der Waals surface area (Å²) in [6, 6.07) is 7.83. The van der Waals surface area contributed by atoms with Gasteiger partial charge in [0.1, 0.15) is 11.6 Å². The molecule has 1 unspecified atom stereocenters. The van der Waals surface area contributed by atoms with Crippen LogP contribution in [0.2, 0.25) is 0 Å². The molecule has 1 atom stereocenters. The van der Waals surface area contributed by atoms with Crippen LogP contribution in [0.5, 0.6) is 5.75 Å². The second-order valence-electron chi connectivity index (χ2n) is 5.27. The van der Waals surface area contributed by atoms with E-state index in [2.05, 4.69) is 9.97 Å². The number of para-hydroxylation sites is 1. The Morgan fingerprint density at radius 1 is 1.43 bits per heavy atom. The molecule has 21 heavy (non-hydrogen) atoms. The number of aromatic nitrogens is 2. The van der Waals surface area contributed by atoms with Gasteiger partial charge in [-0.1, -0.05) is 26.0 Å². The van der Waals surface area contributed by atoms with Crippen molar-refractivity contribution < 1.29 is 4.74 Å². The molecule has 1 aliphatic rings. The molecule has 0 saturated carbocycles. The van der Waals surface area contributed by atoms with Gasteiger partial charge in [0.2, 0.25) is 0 Å². The number of H-pyrrole nitrogens is 1. The number of rotatable bonds is 2. The molecule has 1 aliphatic heterocycles. The lowest BCUT2D eigenvalue weighted by atomic mass is 10.1. The molecule has 0 radical (unpaired) electrons. The van der Waals surface area contributed by atoms with E-state index >= 15 is 0 Å². The summed E-state index contributed by atoms with van der Waals surface area (Å²) < 4.78 is 5.92. The van der Waals surface area contributed by atoms with Crippen molar-refractivity contribution in [3.63, 3.8) is 0 Å². The molecule has 110 valence electrons. The molecule has 3 N–H and O–H groups in total. The average Bonchev–Trinajstić information content (AvgIpc) is 2.45. The van der Waals surface area contributed by atoms with E-state index in [1.54, 1.807) is 11.8 Å². The molecule has 5 nitrogen and oxygen atoms in total. The van der Waals surface area contributed by atoms with Crippen LogP contribution in [0.25, 0.3) is 0 Å². The number of hydrogen-bond donors (Lipinski definition) is 2. The molecular formula is C15H17N3O2S. The molecule has 0 spiro atoms. The van der Waals surface area contributed by atoms with Crippen LogP contribution in [0, 0.1) is 0 Å². The van der Waals surface area contributed by atoms with Gasteiger partial charge in [-0.15, -0.1) is 11.8 Å². The number of nitrogens with zero attached hydrogens (tertiary/aromatic N) is 1. The molecule has 1 aromatic carbocycles. The van der Waals surface area contributed by atoms with E-state index in [1.165, 1.54) is 0 Å². The van der Waals surface area contributed by atoms with Gasteiger partial charge in [-0.05, 0) is 18.1 Å². The van der Waals surface area contributed by atoms with Crippen molar-refractivity contribution >= 4 is 17.6 Å². The zero-order valence-corrected chi connectivity index (χ0v) is 12.7. The third-order valence-corrected chi connectivity index (χ3v) is 4.51. The van der Waals surface area contributed by atoms with E-state index in [-0.39, 0.29) is 23.4 Å². The fourth-order valence-electron chi connectivity index (χ4n) is 2.38. The maximum absolute atomic E-state index is 12.2. The summed E-state index contributed by atoms with van der Waals surface area (Å²) in [6.45, 7) is 3.84. The first-order valence-electron chi connectivity index (χ1n) is 6.84. The lowest BCUT2D eigenvalue weighted by molar-refractivity contribution is 0.210. The normalized spacial score (nSPS) is 17.4. The van der Waals surface area contributed by atoms with E-state index < -0.39 is 0 Å². The Morgan fingerprint density at radius 3 is 2.90 bits per heavy atom. The number of aromatic amines is 1. The summed E-state index contributed by atoms with van der Waals surface area (Å²) in [5.41, 5.74) is 6.28. The highest BCUT2D eigenvalue weighted by atomic mass is 32.2. The minimum absolute atomic E-state index is 0.0395. The predicted molar refractivity (Wildman–Crippen MR) is 83.9 cm³/mol. The van der Waals surface area contributed by atoms with E-state index in [4.69, 9.17) is 10.5 Å². The summed E-state index contributed by atoms with van der Waals surface area (Å²) in [5, 5.41) is 0. The van der Waals surface area contributed by atoms with Gasteiger partial charge in [-0.25, -0.2) is 4.98 Å². The molecule has 6 heteroatoms. The van der Waals surface area contributed by atoms with Gasteiger partial charge in [0.05, 0.1) is 5.56 Å². The lowest BCUT2D eigenvalue weighted by Crippen LogP contribution is -2.25. The fraction of sp³-hybridized carbons (Fsp3) is 0.333. The highest BCUT2D eigenvalue weighted by Gasteiger charge is 2.25. The van der Waals surface area contributed by atoms with Crippen LogP contribution in [0.15, 0.2) is 34.0 Å². The van der Waals surface area contributed by atoms with Crippen molar-refractivity contribution in [2.45, 2.75) is 30.8 Å².